The molecule has 0 radical (unpaired) electrons. The van der Waals surface area contributed by atoms with Crippen LogP contribution in [0.15, 0.2) is 0 Å². The molecule has 9 nitrogen and oxygen atoms in total. The topological polar surface area (TPSA) is 112 Å². The first kappa shape index (κ1) is 18.6. The van der Waals surface area contributed by atoms with Gasteiger partial charge in [0.1, 0.15) is 17.9 Å². The van der Waals surface area contributed by atoms with E-state index >= 15 is 0 Å². The van der Waals surface area contributed by atoms with Gasteiger partial charge in [-0.3, -0.25) is 24.7 Å². The normalized spacial score (nSPS) is 25.6. The highest BCUT2D eigenvalue weighted by Gasteiger charge is 2.52. The summed E-state index contributed by atoms with van der Waals surface area (Å²) < 4.78 is 1.91. The minimum absolute atomic E-state index is 0.105. The van der Waals surface area contributed by atoms with Crippen molar-refractivity contribution >= 4 is 30.1 Å². The van der Waals surface area contributed by atoms with Crippen molar-refractivity contribution in [2.24, 2.45) is 5.92 Å². The quantitative estimate of drug-likeness (QED) is 0.528. The van der Waals surface area contributed by atoms with E-state index in [1.54, 1.807) is 4.57 Å². The highest BCUT2D eigenvalue weighted by molar-refractivity contribution is 7.71. The van der Waals surface area contributed by atoms with Gasteiger partial charge in [-0.05, 0) is 50.2 Å². The van der Waals surface area contributed by atoms with Gasteiger partial charge >= 0.3 is 6.03 Å². The molecule has 142 valence electrons. The summed E-state index contributed by atoms with van der Waals surface area (Å²) in [6, 6.07) is -0.581. The fraction of sp³-hybridized carbons (Fsp3) is 0.688. The van der Waals surface area contributed by atoms with E-state index in [2.05, 4.69) is 27.9 Å². The van der Waals surface area contributed by atoms with Crippen molar-refractivity contribution < 1.29 is 14.4 Å². The van der Waals surface area contributed by atoms with Crippen LogP contribution in [0.1, 0.15) is 51.8 Å². The van der Waals surface area contributed by atoms with Gasteiger partial charge in [0.15, 0.2) is 4.77 Å². The summed E-state index contributed by atoms with van der Waals surface area (Å²) >= 11 is 5.15. The van der Waals surface area contributed by atoms with E-state index in [4.69, 9.17) is 12.2 Å². The maximum Gasteiger partial charge on any atom is 0.344 e. The number of aromatic amines is 1. The Morgan fingerprint density at radius 1 is 1.38 bits per heavy atom. The number of carbonyl (C=O) groups is 3. The van der Waals surface area contributed by atoms with Crippen LogP contribution in [0, 0.1) is 10.7 Å². The van der Waals surface area contributed by atoms with E-state index in [0.717, 1.165) is 24.3 Å². The number of H-pyrrole nitrogens is 1. The third kappa shape index (κ3) is 3.37. The molecule has 2 fully saturated rings. The molecule has 26 heavy (non-hydrogen) atoms. The predicted molar refractivity (Wildman–Crippen MR) is 95.3 cm³/mol. The van der Waals surface area contributed by atoms with Crippen LogP contribution < -0.4 is 10.7 Å². The average Bonchev–Trinajstić information content (AvgIpc) is 3.05. The molecule has 3 N–H and O–H groups in total. The molecule has 1 aliphatic heterocycles. The van der Waals surface area contributed by atoms with Crippen molar-refractivity contribution in [1.82, 2.24) is 30.5 Å². The minimum Gasteiger partial charge on any atom is -0.322 e. The number of amides is 4. The third-order valence-corrected chi connectivity index (χ3v) is 5.45. The van der Waals surface area contributed by atoms with E-state index in [0.29, 0.717) is 35.8 Å². The van der Waals surface area contributed by atoms with E-state index in [-0.39, 0.29) is 12.5 Å². The second kappa shape index (κ2) is 7.18. The first-order chi connectivity index (χ1) is 12.4. The largest absolute Gasteiger partial charge is 0.344 e. The molecule has 2 heterocycles. The third-order valence-electron chi connectivity index (χ3n) is 5.14. The zero-order chi connectivity index (χ0) is 18.9. The van der Waals surface area contributed by atoms with Gasteiger partial charge in [0.25, 0.3) is 11.8 Å². The predicted octanol–water partition coefficient (Wildman–Crippen LogP) is 1.43. The number of urea groups is 1. The van der Waals surface area contributed by atoms with Gasteiger partial charge in [0, 0.05) is 6.42 Å². The van der Waals surface area contributed by atoms with E-state index in [9.17, 15) is 14.4 Å². The fourth-order valence-corrected chi connectivity index (χ4v) is 3.76. The van der Waals surface area contributed by atoms with Gasteiger partial charge in [0.2, 0.25) is 0 Å². The molecule has 3 rings (SSSR count). The highest BCUT2D eigenvalue weighted by atomic mass is 32.1. The monoisotopic (exact) mass is 380 g/mol. The zero-order valence-electron chi connectivity index (χ0n) is 15.0. The number of hydrogen-bond donors (Lipinski definition) is 3. The van der Waals surface area contributed by atoms with E-state index in [1.807, 2.05) is 6.92 Å². The summed E-state index contributed by atoms with van der Waals surface area (Å²) in [5.74, 6) is 0.327. The fourth-order valence-electron chi connectivity index (χ4n) is 3.55. The maximum absolute atomic E-state index is 12.8. The average molecular weight is 380 g/mol. The Morgan fingerprint density at radius 3 is 2.73 bits per heavy atom. The van der Waals surface area contributed by atoms with Crippen LogP contribution in [0.3, 0.4) is 0 Å². The number of hydrogen-bond acceptors (Lipinski definition) is 5. The Morgan fingerprint density at radius 2 is 2.08 bits per heavy atom. The molecule has 10 heteroatoms. The number of imide groups is 1. The lowest BCUT2D eigenvalue weighted by Crippen LogP contribution is -2.52. The smallest absolute Gasteiger partial charge is 0.322 e. The number of nitrogens with zero attached hydrogens (tertiary/aromatic N) is 3. The Labute approximate surface area is 156 Å². The molecular weight excluding hydrogens is 356 g/mol. The van der Waals surface area contributed by atoms with Gasteiger partial charge in [-0.15, -0.1) is 0 Å². The Bertz CT molecular complexity index is 777. The van der Waals surface area contributed by atoms with Gasteiger partial charge < -0.3 is 5.32 Å². The second-order valence-corrected chi connectivity index (χ2v) is 7.54. The molecule has 2 aliphatic rings. The molecule has 0 atom stereocenters. The second-order valence-electron chi connectivity index (χ2n) is 7.15. The lowest BCUT2D eigenvalue weighted by atomic mass is 9.77. The van der Waals surface area contributed by atoms with Crippen LogP contribution in [-0.2, 0) is 22.6 Å². The van der Waals surface area contributed by atoms with Crippen molar-refractivity contribution in [2.75, 3.05) is 0 Å². The number of nitrogens with one attached hydrogen (secondary N) is 3. The van der Waals surface area contributed by atoms with Crippen molar-refractivity contribution in [3.8, 4) is 0 Å². The maximum atomic E-state index is 12.8. The molecule has 0 aromatic carbocycles. The van der Waals surface area contributed by atoms with Gasteiger partial charge in [0.05, 0.1) is 0 Å². The van der Waals surface area contributed by atoms with E-state index < -0.39 is 17.5 Å². The Balaban J connectivity index is 1.68. The van der Waals surface area contributed by atoms with Crippen LogP contribution in [0.2, 0.25) is 0 Å². The van der Waals surface area contributed by atoms with E-state index in [1.165, 1.54) is 0 Å². The van der Waals surface area contributed by atoms with Crippen LogP contribution in [0.5, 0.6) is 0 Å². The molecule has 1 aromatic rings. The lowest BCUT2D eigenvalue weighted by Gasteiger charge is -2.33. The summed E-state index contributed by atoms with van der Waals surface area (Å²) in [4.78, 5) is 37.4. The first-order valence-corrected chi connectivity index (χ1v) is 9.37. The van der Waals surface area contributed by atoms with Gasteiger partial charge in [-0.2, -0.15) is 10.1 Å². The SMILES string of the molecule is CCCc1n[nH]c(=S)n1CC(=O)NN1C(=O)NC2(CCC(C)CC2)C1=O. The van der Waals surface area contributed by atoms with Crippen molar-refractivity contribution in [3.63, 3.8) is 0 Å². The lowest BCUT2D eigenvalue weighted by molar-refractivity contribution is -0.140. The summed E-state index contributed by atoms with van der Waals surface area (Å²) in [6.07, 6.45) is 4.47. The van der Waals surface area contributed by atoms with Crippen LogP contribution in [0.4, 0.5) is 4.79 Å². The molecule has 4 amide bonds. The highest BCUT2D eigenvalue weighted by Crippen LogP contribution is 2.35. The minimum atomic E-state index is -0.879. The number of hydrazine groups is 1. The first-order valence-electron chi connectivity index (χ1n) is 8.96. The van der Waals surface area contributed by atoms with Gasteiger partial charge in [-0.1, -0.05) is 13.8 Å². The Kier molecular flexibility index (Phi) is 5.12. The molecule has 1 spiro atoms. The van der Waals surface area contributed by atoms with Crippen molar-refractivity contribution in [1.29, 1.82) is 0 Å². The molecule has 1 saturated heterocycles. The van der Waals surface area contributed by atoms with Crippen LogP contribution in [-0.4, -0.2) is 43.2 Å². The van der Waals surface area contributed by atoms with Crippen molar-refractivity contribution in [2.45, 2.75) is 64.5 Å². The van der Waals surface area contributed by atoms with Crippen LogP contribution in [0.25, 0.3) is 0 Å². The molecule has 0 bridgehead atoms. The Hall–Kier alpha value is -2.23. The molecular formula is C16H24N6O3S. The number of aryl methyl sites for hydroxylation is 1. The molecule has 1 aliphatic carbocycles. The summed E-state index contributed by atoms with van der Waals surface area (Å²) in [5.41, 5.74) is 1.54. The number of aromatic nitrogens is 3. The van der Waals surface area contributed by atoms with Gasteiger partial charge in [-0.25, -0.2) is 4.79 Å². The standard InChI is InChI=1S/C16H24N6O3S/c1-3-4-11-18-19-15(26)21(11)9-12(23)20-22-13(24)16(17-14(22)25)7-5-10(2)6-8-16/h10H,3-9H2,1-2H3,(H,17,25)(H,19,26)(H,20,23). The zero-order valence-corrected chi connectivity index (χ0v) is 15.8. The summed E-state index contributed by atoms with van der Waals surface area (Å²) in [5, 5.41) is 10.3. The summed E-state index contributed by atoms with van der Waals surface area (Å²) in [6.45, 7) is 4.03. The molecule has 1 saturated carbocycles. The number of carbonyl (C=O) groups excluding carboxylic acids is 3. The molecule has 0 unspecified atom stereocenters. The summed E-state index contributed by atoms with van der Waals surface area (Å²) in [7, 11) is 0. The van der Waals surface area contributed by atoms with Crippen LogP contribution >= 0.6 is 12.2 Å². The number of rotatable bonds is 5. The van der Waals surface area contributed by atoms with Crippen molar-refractivity contribution in [3.05, 3.63) is 10.6 Å². The molecule has 1 aromatic heterocycles.